The summed E-state index contributed by atoms with van der Waals surface area (Å²) in [5.74, 6) is 0.591. The van der Waals surface area contributed by atoms with Gasteiger partial charge in [0.25, 0.3) is 5.91 Å². The number of hydrogen-bond donors (Lipinski definition) is 1. The largest absolute Gasteiger partial charge is 0.446 e. The SMILES string of the molecule is O=C(c1ccc[nH]1)N1Cc2cc(-c3ccncc3)ccc2C1c1cnco1. The van der Waals surface area contributed by atoms with Gasteiger partial charge in [-0.05, 0) is 52.6 Å². The van der Waals surface area contributed by atoms with Gasteiger partial charge in [-0.1, -0.05) is 12.1 Å². The Labute approximate surface area is 155 Å². The number of carbonyl (C=O) groups is 1. The third kappa shape index (κ3) is 2.62. The van der Waals surface area contributed by atoms with Crippen molar-refractivity contribution in [3.8, 4) is 11.1 Å². The van der Waals surface area contributed by atoms with Crippen LogP contribution in [0.25, 0.3) is 11.1 Å². The Balaban J connectivity index is 1.58. The Hall–Kier alpha value is -3.67. The molecule has 0 bridgehead atoms. The van der Waals surface area contributed by atoms with Crippen LogP contribution in [0.1, 0.15) is 33.4 Å². The molecule has 1 unspecified atom stereocenters. The van der Waals surface area contributed by atoms with Crippen LogP contribution >= 0.6 is 0 Å². The zero-order valence-corrected chi connectivity index (χ0v) is 14.4. The topological polar surface area (TPSA) is 75.0 Å². The molecule has 0 fully saturated rings. The van der Waals surface area contributed by atoms with Crippen LogP contribution in [-0.4, -0.2) is 25.8 Å². The first-order valence-corrected chi connectivity index (χ1v) is 8.67. The Morgan fingerprint density at radius 2 is 2.00 bits per heavy atom. The molecule has 6 heteroatoms. The molecule has 4 aromatic rings. The van der Waals surface area contributed by atoms with E-state index in [1.165, 1.54) is 6.39 Å². The fourth-order valence-corrected chi connectivity index (χ4v) is 3.65. The molecular formula is C21H16N4O2. The molecule has 1 atom stereocenters. The molecule has 1 aliphatic heterocycles. The van der Waals surface area contributed by atoms with Crippen molar-refractivity contribution in [2.45, 2.75) is 12.6 Å². The number of rotatable bonds is 3. The van der Waals surface area contributed by atoms with Gasteiger partial charge < -0.3 is 14.3 Å². The van der Waals surface area contributed by atoms with E-state index in [4.69, 9.17) is 4.42 Å². The van der Waals surface area contributed by atoms with E-state index < -0.39 is 0 Å². The summed E-state index contributed by atoms with van der Waals surface area (Å²) in [4.78, 5) is 26.0. The molecular weight excluding hydrogens is 340 g/mol. The minimum atomic E-state index is -0.287. The number of amides is 1. The Bertz CT molecular complexity index is 1070. The molecule has 1 amide bonds. The van der Waals surface area contributed by atoms with Crippen molar-refractivity contribution in [3.63, 3.8) is 0 Å². The van der Waals surface area contributed by atoms with Crippen molar-refractivity contribution < 1.29 is 9.21 Å². The van der Waals surface area contributed by atoms with Crippen molar-refractivity contribution in [2.75, 3.05) is 0 Å². The first-order valence-electron chi connectivity index (χ1n) is 8.67. The van der Waals surface area contributed by atoms with Crippen molar-refractivity contribution in [1.29, 1.82) is 0 Å². The fraction of sp³-hybridized carbons (Fsp3) is 0.0952. The maximum absolute atomic E-state index is 13.1. The summed E-state index contributed by atoms with van der Waals surface area (Å²) in [6.45, 7) is 0.511. The van der Waals surface area contributed by atoms with Gasteiger partial charge in [-0.15, -0.1) is 0 Å². The number of aromatic amines is 1. The molecule has 5 rings (SSSR count). The average Bonchev–Trinajstić information content (AvgIpc) is 3.47. The maximum atomic E-state index is 13.1. The average molecular weight is 356 g/mol. The second-order valence-electron chi connectivity index (χ2n) is 6.47. The highest BCUT2D eigenvalue weighted by Crippen LogP contribution is 2.40. The van der Waals surface area contributed by atoms with E-state index in [9.17, 15) is 4.79 Å². The fourth-order valence-electron chi connectivity index (χ4n) is 3.65. The molecule has 27 heavy (non-hydrogen) atoms. The zero-order chi connectivity index (χ0) is 18.2. The van der Waals surface area contributed by atoms with E-state index in [1.807, 2.05) is 23.1 Å². The van der Waals surface area contributed by atoms with Crippen LogP contribution < -0.4 is 0 Å². The van der Waals surface area contributed by atoms with Crippen LogP contribution in [0.4, 0.5) is 0 Å². The van der Waals surface area contributed by atoms with Crippen LogP contribution in [0.5, 0.6) is 0 Å². The third-order valence-corrected chi connectivity index (χ3v) is 4.91. The predicted octanol–water partition coefficient (Wildman–Crippen LogP) is 3.81. The zero-order valence-electron chi connectivity index (χ0n) is 14.4. The van der Waals surface area contributed by atoms with Gasteiger partial charge in [0.1, 0.15) is 11.7 Å². The Morgan fingerprint density at radius 1 is 1.11 bits per heavy atom. The first kappa shape index (κ1) is 15.6. The summed E-state index contributed by atoms with van der Waals surface area (Å²) < 4.78 is 5.56. The highest BCUT2D eigenvalue weighted by molar-refractivity contribution is 5.93. The predicted molar refractivity (Wildman–Crippen MR) is 98.7 cm³/mol. The molecule has 132 valence electrons. The lowest BCUT2D eigenvalue weighted by atomic mass is 9.98. The van der Waals surface area contributed by atoms with Gasteiger partial charge in [0.15, 0.2) is 12.2 Å². The van der Waals surface area contributed by atoms with E-state index in [0.717, 1.165) is 22.3 Å². The molecule has 1 aromatic carbocycles. The molecule has 1 N–H and O–H groups in total. The van der Waals surface area contributed by atoms with Crippen LogP contribution in [0.3, 0.4) is 0 Å². The highest BCUT2D eigenvalue weighted by atomic mass is 16.3. The third-order valence-electron chi connectivity index (χ3n) is 4.91. The molecule has 3 aromatic heterocycles. The molecule has 0 saturated carbocycles. The number of nitrogens with one attached hydrogen (secondary N) is 1. The van der Waals surface area contributed by atoms with Crippen molar-refractivity contribution in [1.82, 2.24) is 19.9 Å². The quantitative estimate of drug-likeness (QED) is 0.606. The number of oxazole rings is 1. The number of hydrogen-bond acceptors (Lipinski definition) is 4. The van der Waals surface area contributed by atoms with Gasteiger partial charge in [0.2, 0.25) is 0 Å². The van der Waals surface area contributed by atoms with Gasteiger partial charge in [-0.25, -0.2) is 4.98 Å². The second kappa shape index (κ2) is 6.25. The molecule has 0 aliphatic carbocycles. The van der Waals surface area contributed by atoms with E-state index in [1.54, 1.807) is 30.9 Å². The molecule has 0 radical (unpaired) electrons. The van der Waals surface area contributed by atoms with Crippen molar-refractivity contribution in [3.05, 3.63) is 96.2 Å². The van der Waals surface area contributed by atoms with E-state index in [0.29, 0.717) is 18.0 Å². The smallest absolute Gasteiger partial charge is 0.271 e. The van der Waals surface area contributed by atoms with Crippen molar-refractivity contribution in [2.24, 2.45) is 0 Å². The van der Waals surface area contributed by atoms with E-state index in [2.05, 4.69) is 33.2 Å². The maximum Gasteiger partial charge on any atom is 0.271 e. The summed E-state index contributed by atoms with van der Waals surface area (Å²) in [5.41, 5.74) is 4.91. The number of H-pyrrole nitrogens is 1. The lowest BCUT2D eigenvalue weighted by molar-refractivity contribution is 0.0698. The van der Waals surface area contributed by atoms with Gasteiger partial charge >= 0.3 is 0 Å². The number of nitrogens with zero attached hydrogens (tertiary/aromatic N) is 3. The lowest BCUT2D eigenvalue weighted by Gasteiger charge is -2.22. The van der Waals surface area contributed by atoms with Crippen LogP contribution in [0, 0.1) is 0 Å². The Kier molecular flexibility index (Phi) is 3.60. The molecule has 6 nitrogen and oxygen atoms in total. The van der Waals surface area contributed by atoms with E-state index >= 15 is 0 Å². The van der Waals surface area contributed by atoms with Gasteiger partial charge in [-0.3, -0.25) is 9.78 Å². The highest BCUT2D eigenvalue weighted by Gasteiger charge is 2.37. The number of carbonyl (C=O) groups excluding carboxylic acids is 1. The molecule has 1 aliphatic rings. The minimum Gasteiger partial charge on any atom is -0.446 e. The van der Waals surface area contributed by atoms with E-state index in [-0.39, 0.29) is 11.9 Å². The molecule has 0 spiro atoms. The summed E-state index contributed by atoms with van der Waals surface area (Å²) in [5, 5.41) is 0. The molecule has 4 heterocycles. The number of pyridine rings is 1. The number of fused-ring (bicyclic) bond motifs is 1. The summed E-state index contributed by atoms with van der Waals surface area (Å²) in [6.07, 6.45) is 8.38. The van der Waals surface area contributed by atoms with Crippen molar-refractivity contribution >= 4 is 5.91 Å². The second-order valence-corrected chi connectivity index (χ2v) is 6.47. The standard InChI is InChI=1S/C21H16N4O2/c26-21(18-2-1-7-24-18)25-12-16-10-15(14-5-8-22-9-6-14)3-4-17(16)20(25)19-11-23-13-27-19/h1-11,13,20,24H,12H2. The van der Waals surface area contributed by atoms with Crippen LogP contribution in [-0.2, 0) is 6.54 Å². The minimum absolute atomic E-state index is 0.0666. The summed E-state index contributed by atoms with van der Waals surface area (Å²) in [7, 11) is 0. The van der Waals surface area contributed by atoms with Crippen LogP contribution in [0.2, 0.25) is 0 Å². The van der Waals surface area contributed by atoms with Gasteiger partial charge in [0, 0.05) is 25.1 Å². The molecule has 0 saturated heterocycles. The lowest BCUT2D eigenvalue weighted by Crippen LogP contribution is -2.30. The summed E-state index contributed by atoms with van der Waals surface area (Å²) >= 11 is 0. The van der Waals surface area contributed by atoms with Gasteiger partial charge in [-0.2, -0.15) is 0 Å². The van der Waals surface area contributed by atoms with Gasteiger partial charge in [0.05, 0.1) is 6.20 Å². The number of aromatic nitrogens is 3. The first-order chi connectivity index (χ1) is 13.3. The summed E-state index contributed by atoms with van der Waals surface area (Å²) in [6, 6.07) is 13.5. The monoisotopic (exact) mass is 356 g/mol. The normalized spacial score (nSPS) is 15.7. The Morgan fingerprint density at radius 3 is 2.74 bits per heavy atom. The number of benzene rings is 1. The van der Waals surface area contributed by atoms with Crippen LogP contribution in [0.15, 0.2) is 78.1 Å².